The number of thioether (sulfide) groups is 1. The zero-order valence-corrected chi connectivity index (χ0v) is 22.6. The number of ether oxygens (including phenoxy) is 3. The van der Waals surface area contributed by atoms with Crippen LogP contribution in [0.1, 0.15) is 22.8 Å². The second-order valence-corrected chi connectivity index (χ2v) is 12.5. The fourth-order valence-corrected chi connectivity index (χ4v) is 10.3. The number of rotatable bonds is 5. The summed E-state index contributed by atoms with van der Waals surface area (Å²) < 4.78 is 16.3. The van der Waals surface area contributed by atoms with Crippen LogP contribution in [0.15, 0.2) is 52.3 Å². The molecule has 1 N–H and O–H groups in total. The first-order valence-electron chi connectivity index (χ1n) is 12.6. The van der Waals surface area contributed by atoms with Crippen LogP contribution in [0.5, 0.6) is 17.2 Å². The standard InChI is InChI=1S/C28H26N2O6S2/c1-34-14-7-5-13(6-8-14)30-26(31)21-15-11-16(22(21)27(30)32)23-20(15)19(24-25(37-23)29-28(33)38-24)12-4-9-17(35-2)18(10-12)36-3/h4-10,15-16,19-23H,11H2,1-3H3,(H,29,33)/t15-,16-,19+,20-,21+,22-,23-/m1/s1. The highest BCUT2D eigenvalue weighted by molar-refractivity contribution is 8.00. The number of amides is 2. The van der Waals surface area contributed by atoms with Crippen molar-refractivity contribution >= 4 is 40.6 Å². The molecule has 2 aliphatic heterocycles. The van der Waals surface area contributed by atoms with E-state index in [1.165, 1.54) is 16.2 Å². The van der Waals surface area contributed by atoms with E-state index in [-0.39, 0.29) is 57.4 Å². The summed E-state index contributed by atoms with van der Waals surface area (Å²) >= 11 is 2.92. The van der Waals surface area contributed by atoms with Gasteiger partial charge < -0.3 is 19.2 Å². The number of thiazole rings is 1. The minimum Gasteiger partial charge on any atom is -0.497 e. The first-order chi connectivity index (χ1) is 18.4. The third kappa shape index (κ3) is 3.19. The van der Waals surface area contributed by atoms with E-state index in [2.05, 4.69) is 4.98 Å². The number of hydrogen-bond donors (Lipinski definition) is 1. The molecule has 1 saturated heterocycles. The molecule has 2 amide bonds. The number of aromatic amines is 1. The van der Waals surface area contributed by atoms with E-state index in [0.29, 0.717) is 22.9 Å². The number of fused-ring (bicyclic) bond motifs is 9. The van der Waals surface area contributed by atoms with E-state index >= 15 is 0 Å². The predicted octanol–water partition coefficient (Wildman–Crippen LogP) is 4.14. The number of H-pyrrole nitrogens is 1. The summed E-state index contributed by atoms with van der Waals surface area (Å²) in [6.45, 7) is 0. The van der Waals surface area contributed by atoms with E-state index in [4.69, 9.17) is 14.2 Å². The molecule has 38 heavy (non-hydrogen) atoms. The van der Waals surface area contributed by atoms with Crippen molar-refractivity contribution in [1.82, 2.24) is 4.98 Å². The highest BCUT2D eigenvalue weighted by atomic mass is 32.2. The van der Waals surface area contributed by atoms with Crippen LogP contribution in [0, 0.1) is 29.6 Å². The van der Waals surface area contributed by atoms with Gasteiger partial charge in [-0.1, -0.05) is 17.4 Å². The van der Waals surface area contributed by atoms with Crippen molar-refractivity contribution in [2.45, 2.75) is 22.6 Å². The normalized spacial score (nSPS) is 30.7. The number of hydrogen-bond acceptors (Lipinski definition) is 8. The summed E-state index contributed by atoms with van der Waals surface area (Å²) in [5, 5.41) is 1.01. The van der Waals surface area contributed by atoms with Gasteiger partial charge in [-0.3, -0.25) is 19.3 Å². The SMILES string of the molecule is COc1ccc(N2C(=O)[C@@H]3[C@H]4C[C@@H]([C@@H]3C2=O)[C@@H]2[C@H](c3ccc(OC)c(OC)c3)c3sc(=O)[nH]c3S[C@H]42)cc1. The molecule has 2 aliphatic carbocycles. The molecular weight excluding hydrogens is 524 g/mol. The molecule has 0 unspecified atom stereocenters. The maximum atomic E-state index is 13.9. The molecule has 3 heterocycles. The summed E-state index contributed by atoms with van der Waals surface area (Å²) in [5.41, 5.74) is 1.62. The quantitative estimate of drug-likeness (QED) is 0.477. The van der Waals surface area contributed by atoms with Crippen LogP contribution in [-0.4, -0.2) is 43.4 Å². The van der Waals surface area contributed by atoms with Crippen LogP contribution in [-0.2, 0) is 9.59 Å². The van der Waals surface area contributed by atoms with E-state index in [1.807, 2.05) is 18.2 Å². The van der Waals surface area contributed by atoms with Crippen molar-refractivity contribution < 1.29 is 23.8 Å². The number of nitrogens with one attached hydrogen (secondary N) is 1. The molecule has 7 atom stereocenters. The second-order valence-electron chi connectivity index (χ2n) is 10.3. The Morgan fingerprint density at radius 1 is 0.868 bits per heavy atom. The van der Waals surface area contributed by atoms with Crippen molar-refractivity contribution in [2.24, 2.45) is 29.6 Å². The van der Waals surface area contributed by atoms with Gasteiger partial charge in [0.2, 0.25) is 11.8 Å². The molecule has 10 heteroatoms. The van der Waals surface area contributed by atoms with Gasteiger partial charge in [0.1, 0.15) is 5.75 Å². The summed E-state index contributed by atoms with van der Waals surface area (Å²) in [7, 11) is 4.80. The third-order valence-corrected chi connectivity index (χ3v) is 11.4. The first kappa shape index (κ1) is 23.8. The molecular formula is C28H26N2O6S2. The summed E-state index contributed by atoms with van der Waals surface area (Å²) in [6.07, 6.45) is 0.842. The number of methoxy groups -OCH3 is 3. The van der Waals surface area contributed by atoms with Gasteiger partial charge in [-0.05, 0) is 66.1 Å². The Kier molecular flexibility index (Phi) is 5.42. The molecule has 8 nitrogen and oxygen atoms in total. The van der Waals surface area contributed by atoms with Crippen molar-refractivity contribution in [1.29, 1.82) is 0 Å². The summed E-state index contributed by atoms with van der Waals surface area (Å²) in [6, 6.07) is 13.0. The Labute approximate surface area is 227 Å². The molecule has 2 aromatic carbocycles. The Balaban J connectivity index is 1.31. The number of imide groups is 1. The Morgan fingerprint density at radius 3 is 2.26 bits per heavy atom. The molecule has 4 aliphatic rings. The average molecular weight is 551 g/mol. The van der Waals surface area contributed by atoms with Crippen molar-refractivity contribution in [3.05, 3.63) is 62.6 Å². The molecule has 3 fully saturated rings. The molecule has 7 rings (SSSR count). The highest BCUT2D eigenvalue weighted by Crippen LogP contribution is 2.68. The molecule has 0 spiro atoms. The monoisotopic (exact) mass is 550 g/mol. The molecule has 196 valence electrons. The van der Waals surface area contributed by atoms with Gasteiger partial charge in [-0.25, -0.2) is 0 Å². The van der Waals surface area contributed by atoms with E-state index in [0.717, 1.165) is 21.9 Å². The van der Waals surface area contributed by atoms with Gasteiger partial charge in [0.15, 0.2) is 11.5 Å². The number of nitrogens with zero attached hydrogens (tertiary/aromatic N) is 1. The molecule has 1 aromatic heterocycles. The Hall–Kier alpha value is -3.24. The maximum Gasteiger partial charge on any atom is 0.305 e. The first-order valence-corrected chi connectivity index (χ1v) is 14.3. The van der Waals surface area contributed by atoms with Crippen molar-refractivity contribution in [3.63, 3.8) is 0 Å². The lowest BCUT2D eigenvalue weighted by Gasteiger charge is -2.43. The smallest absolute Gasteiger partial charge is 0.305 e. The largest absolute Gasteiger partial charge is 0.497 e. The van der Waals surface area contributed by atoms with E-state index < -0.39 is 0 Å². The topological polar surface area (TPSA) is 97.9 Å². The van der Waals surface area contributed by atoms with Crippen LogP contribution in [0.4, 0.5) is 5.69 Å². The van der Waals surface area contributed by atoms with Gasteiger partial charge >= 0.3 is 4.87 Å². The minimum atomic E-state index is -0.351. The van der Waals surface area contributed by atoms with Crippen LogP contribution < -0.4 is 24.0 Å². The van der Waals surface area contributed by atoms with Crippen LogP contribution >= 0.6 is 23.1 Å². The van der Waals surface area contributed by atoms with E-state index in [1.54, 1.807) is 57.4 Å². The molecule has 3 aromatic rings. The zero-order chi connectivity index (χ0) is 26.3. The Morgan fingerprint density at radius 2 is 1.58 bits per heavy atom. The number of carbonyl (C=O) groups excluding carboxylic acids is 2. The molecule has 2 bridgehead atoms. The number of aromatic nitrogens is 1. The van der Waals surface area contributed by atoms with Crippen LogP contribution in [0.25, 0.3) is 0 Å². The summed E-state index contributed by atoms with van der Waals surface area (Å²) in [5.74, 6) is 1.20. The molecule has 2 saturated carbocycles. The maximum absolute atomic E-state index is 13.9. The number of carbonyl (C=O) groups is 2. The van der Waals surface area contributed by atoms with Crippen molar-refractivity contribution in [2.75, 3.05) is 26.2 Å². The Bertz CT molecular complexity index is 1510. The fourth-order valence-electron chi connectivity index (χ4n) is 7.42. The lowest BCUT2D eigenvalue weighted by Crippen LogP contribution is -2.42. The van der Waals surface area contributed by atoms with Gasteiger partial charge in [0, 0.05) is 16.0 Å². The van der Waals surface area contributed by atoms with Gasteiger partial charge in [0.05, 0.1) is 43.9 Å². The summed E-state index contributed by atoms with van der Waals surface area (Å²) in [4.78, 5) is 45.4. The molecule has 0 radical (unpaired) electrons. The number of anilines is 1. The van der Waals surface area contributed by atoms with Gasteiger partial charge in [-0.15, -0.1) is 11.8 Å². The second kappa shape index (κ2) is 8.64. The third-order valence-electron chi connectivity index (χ3n) is 8.82. The fraction of sp³-hybridized carbons (Fsp3) is 0.393. The minimum absolute atomic E-state index is 0.0469. The van der Waals surface area contributed by atoms with Gasteiger partial charge in [0.25, 0.3) is 0 Å². The van der Waals surface area contributed by atoms with E-state index in [9.17, 15) is 14.4 Å². The van der Waals surface area contributed by atoms with Crippen LogP contribution in [0.3, 0.4) is 0 Å². The zero-order valence-electron chi connectivity index (χ0n) is 21.0. The predicted molar refractivity (Wildman–Crippen MR) is 144 cm³/mol. The van der Waals surface area contributed by atoms with Gasteiger partial charge in [-0.2, -0.15) is 0 Å². The lowest BCUT2D eigenvalue weighted by atomic mass is 9.68. The number of benzene rings is 2. The lowest BCUT2D eigenvalue weighted by molar-refractivity contribution is -0.123. The average Bonchev–Trinajstić information content (AvgIpc) is 3.67. The highest BCUT2D eigenvalue weighted by Gasteiger charge is 2.69. The van der Waals surface area contributed by atoms with Crippen molar-refractivity contribution in [3.8, 4) is 17.2 Å². The van der Waals surface area contributed by atoms with Crippen LogP contribution in [0.2, 0.25) is 0 Å².